The Balaban J connectivity index is 2.87. The third kappa shape index (κ3) is 1.42. The molecule has 0 spiro atoms. The van der Waals surface area contributed by atoms with Gasteiger partial charge < -0.3 is 0 Å². The zero-order valence-electron chi connectivity index (χ0n) is 5.90. The maximum atomic E-state index is 10.9. The lowest BCUT2D eigenvalue weighted by molar-refractivity contribution is -0.130. The Morgan fingerprint density at radius 1 is 1.00 bits per heavy atom. The second-order valence-corrected chi connectivity index (χ2v) is 3.52. The molecule has 0 aromatic carbocycles. The summed E-state index contributed by atoms with van der Waals surface area (Å²) < 4.78 is 0. The molecule has 0 aromatic rings. The van der Waals surface area contributed by atoms with Gasteiger partial charge in [0, 0.05) is 0 Å². The molecule has 0 unspecified atom stereocenters. The quantitative estimate of drug-likeness (QED) is 0.499. The molecule has 1 aliphatic rings. The lowest BCUT2D eigenvalue weighted by atomic mass is 9.90. The first-order valence-electron chi connectivity index (χ1n) is 3.49. The van der Waals surface area contributed by atoms with Gasteiger partial charge in [-0.05, 0) is 36.0 Å². The average molecular weight is 195 g/mol. The number of carbonyl (C=O) groups is 2. The first-order chi connectivity index (χ1) is 5.09. The highest BCUT2D eigenvalue weighted by atomic mass is 35.5. The van der Waals surface area contributed by atoms with Gasteiger partial charge in [-0.25, -0.2) is 0 Å². The van der Waals surface area contributed by atoms with Gasteiger partial charge >= 0.3 is 0 Å². The molecule has 0 bridgehead atoms. The summed E-state index contributed by atoms with van der Waals surface area (Å²) in [7, 11) is 0. The molecule has 62 valence electrons. The van der Waals surface area contributed by atoms with Crippen molar-refractivity contribution >= 4 is 33.7 Å². The van der Waals surface area contributed by atoms with Crippen molar-refractivity contribution in [1.82, 2.24) is 0 Å². The Kier molecular flexibility index (Phi) is 2.55. The summed E-state index contributed by atoms with van der Waals surface area (Å²) in [6.07, 6.45) is 2.74. The van der Waals surface area contributed by atoms with Gasteiger partial charge in [0.1, 0.15) is 5.41 Å². The van der Waals surface area contributed by atoms with Crippen molar-refractivity contribution in [3.63, 3.8) is 0 Å². The van der Waals surface area contributed by atoms with E-state index in [1.165, 1.54) is 0 Å². The van der Waals surface area contributed by atoms with Crippen molar-refractivity contribution < 1.29 is 9.59 Å². The fraction of sp³-hybridized carbons (Fsp3) is 0.714. The third-order valence-electron chi connectivity index (χ3n) is 2.21. The third-order valence-corrected chi connectivity index (χ3v) is 2.93. The average Bonchev–Trinajstić information content (AvgIpc) is 2.34. The molecule has 0 aromatic heterocycles. The number of carbonyl (C=O) groups excluding carboxylic acids is 2. The Bertz CT molecular complexity index is 179. The van der Waals surface area contributed by atoms with Crippen LogP contribution in [0.25, 0.3) is 0 Å². The predicted molar refractivity (Wildman–Crippen MR) is 42.6 cm³/mol. The number of halogens is 2. The molecule has 1 aliphatic carbocycles. The molecule has 0 aliphatic heterocycles. The first-order valence-corrected chi connectivity index (χ1v) is 4.25. The minimum Gasteiger partial charge on any atom is -0.280 e. The first kappa shape index (κ1) is 9.01. The largest absolute Gasteiger partial charge is 0.280 e. The molecule has 1 saturated carbocycles. The highest BCUT2D eigenvalue weighted by molar-refractivity contribution is 6.74. The maximum Gasteiger partial charge on any atom is 0.236 e. The van der Waals surface area contributed by atoms with Crippen LogP contribution in [-0.2, 0) is 9.59 Å². The maximum absolute atomic E-state index is 10.9. The molecule has 1 fully saturated rings. The van der Waals surface area contributed by atoms with E-state index < -0.39 is 15.9 Å². The summed E-state index contributed by atoms with van der Waals surface area (Å²) in [5.41, 5.74) is -1.05. The zero-order chi connectivity index (χ0) is 8.48. The van der Waals surface area contributed by atoms with Crippen LogP contribution in [0.15, 0.2) is 0 Å². The number of rotatable bonds is 2. The lowest BCUT2D eigenvalue weighted by Gasteiger charge is -2.17. The topological polar surface area (TPSA) is 34.1 Å². The van der Waals surface area contributed by atoms with Gasteiger partial charge in [0.25, 0.3) is 0 Å². The standard InChI is InChI=1S/C7H8Cl2O2/c8-5(10)7(6(9)11)3-1-2-4-7/h1-4H2. The van der Waals surface area contributed by atoms with Crippen molar-refractivity contribution in [3.05, 3.63) is 0 Å². The minimum atomic E-state index is -1.05. The highest BCUT2D eigenvalue weighted by Crippen LogP contribution is 2.41. The molecular weight excluding hydrogens is 187 g/mol. The Labute approximate surface area is 74.9 Å². The summed E-state index contributed by atoms with van der Waals surface area (Å²) in [6.45, 7) is 0. The lowest BCUT2D eigenvalue weighted by Crippen LogP contribution is -2.30. The summed E-state index contributed by atoms with van der Waals surface area (Å²) >= 11 is 10.6. The Hall–Kier alpha value is -0.0800. The van der Waals surface area contributed by atoms with E-state index in [9.17, 15) is 9.59 Å². The predicted octanol–water partition coefficient (Wildman–Crippen LogP) is 2.08. The smallest absolute Gasteiger partial charge is 0.236 e. The highest BCUT2D eigenvalue weighted by Gasteiger charge is 2.45. The summed E-state index contributed by atoms with van der Waals surface area (Å²) in [6, 6.07) is 0. The normalized spacial score (nSPS) is 21.6. The molecule has 0 atom stereocenters. The van der Waals surface area contributed by atoms with Gasteiger partial charge in [0.2, 0.25) is 10.5 Å². The molecule has 1 rings (SSSR count). The van der Waals surface area contributed by atoms with Gasteiger partial charge in [0.15, 0.2) is 0 Å². The van der Waals surface area contributed by atoms with Gasteiger partial charge in [-0.2, -0.15) is 0 Å². The number of hydrogen-bond acceptors (Lipinski definition) is 2. The van der Waals surface area contributed by atoms with E-state index in [-0.39, 0.29) is 0 Å². The van der Waals surface area contributed by atoms with Crippen LogP contribution in [0, 0.1) is 5.41 Å². The molecule has 0 saturated heterocycles. The van der Waals surface area contributed by atoms with E-state index in [2.05, 4.69) is 0 Å². The SMILES string of the molecule is O=C(Cl)C1(C(=O)Cl)CCCC1. The molecule has 2 nitrogen and oxygen atoms in total. The van der Waals surface area contributed by atoms with Gasteiger partial charge in [0.05, 0.1) is 0 Å². The minimum absolute atomic E-state index is 0.512. The van der Waals surface area contributed by atoms with Gasteiger partial charge in [-0.1, -0.05) is 12.8 Å². The van der Waals surface area contributed by atoms with Gasteiger partial charge in [-0.15, -0.1) is 0 Å². The van der Waals surface area contributed by atoms with Crippen molar-refractivity contribution in [2.75, 3.05) is 0 Å². The molecule has 0 heterocycles. The van der Waals surface area contributed by atoms with Crippen LogP contribution in [0.3, 0.4) is 0 Å². The van der Waals surface area contributed by atoms with Crippen LogP contribution in [0.5, 0.6) is 0 Å². The van der Waals surface area contributed by atoms with Crippen molar-refractivity contribution in [3.8, 4) is 0 Å². The van der Waals surface area contributed by atoms with E-state index in [1.807, 2.05) is 0 Å². The second kappa shape index (κ2) is 3.11. The monoisotopic (exact) mass is 194 g/mol. The van der Waals surface area contributed by atoms with Crippen molar-refractivity contribution in [2.45, 2.75) is 25.7 Å². The molecule has 4 heteroatoms. The van der Waals surface area contributed by atoms with Gasteiger partial charge in [-0.3, -0.25) is 9.59 Å². The molecule has 0 radical (unpaired) electrons. The summed E-state index contributed by atoms with van der Waals surface area (Å²) in [5, 5.41) is -1.20. The molecule has 11 heavy (non-hydrogen) atoms. The van der Waals surface area contributed by atoms with Crippen LogP contribution >= 0.6 is 23.2 Å². The van der Waals surface area contributed by atoms with Crippen LogP contribution in [0.2, 0.25) is 0 Å². The van der Waals surface area contributed by atoms with Crippen LogP contribution in [0.4, 0.5) is 0 Å². The molecular formula is C7H8Cl2O2. The van der Waals surface area contributed by atoms with E-state index in [0.29, 0.717) is 12.8 Å². The van der Waals surface area contributed by atoms with E-state index in [4.69, 9.17) is 23.2 Å². The van der Waals surface area contributed by atoms with Crippen LogP contribution in [-0.4, -0.2) is 10.5 Å². The zero-order valence-corrected chi connectivity index (χ0v) is 7.41. The van der Waals surface area contributed by atoms with E-state index in [1.54, 1.807) is 0 Å². The van der Waals surface area contributed by atoms with E-state index >= 15 is 0 Å². The fourth-order valence-electron chi connectivity index (χ4n) is 1.45. The summed E-state index contributed by atoms with van der Waals surface area (Å²) in [4.78, 5) is 21.7. The Morgan fingerprint density at radius 2 is 1.36 bits per heavy atom. The molecule has 0 N–H and O–H groups in total. The van der Waals surface area contributed by atoms with Crippen molar-refractivity contribution in [1.29, 1.82) is 0 Å². The fourth-order valence-corrected chi connectivity index (χ4v) is 2.05. The molecule has 0 amide bonds. The van der Waals surface area contributed by atoms with Crippen LogP contribution < -0.4 is 0 Å². The number of hydrogen-bond donors (Lipinski definition) is 0. The summed E-state index contributed by atoms with van der Waals surface area (Å²) in [5.74, 6) is 0. The van der Waals surface area contributed by atoms with E-state index in [0.717, 1.165) is 12.8 Å². The second-order valence-electron chi connectivity index (χ2n) is 2.84. The Morgan fingerprint density at radius 3 is 1.55 bits per heavy atom. The van der Waals surface area contributed by atoms with Crippen LogP contribution in [0.1, 0.15) is 25.7 Å². The van der Waals surface area contributed by atoms with Crippen molar-refractivity contribution in [2.24, 2.45) is 5.41 Å².